The Hall–Kier alpha value is -2.29. The van der Waals surface area contributed by atoms with Gasteiger partial charge in [-0.3, -0.25) is 9.79 Å². The molecule has 162 valence electrons. The summed E-state index contributed by atoms with van der Waals surface area (Å²) in [6, 6.07) is 16.4. The number of carbonyl (C=O) groups excluding carboxylic acids is 1. The number of aliphatic imine (C=N–C) groups is 1. The molecule has 0 aromatic heterocycles. The molecule has 2 aromatic carbocycles. The van der Waals surface area contributed by atoms with E-state index in [9.17, 15) is 4.79 Å². The van der Waals surface area contributed by atoms with Gasteiger partial charge in [-0.05, 0) is 35.6 Å². The molecule has 0 atom stereocenters. The maximum Gasteiger partial charge on any atom is 0.222 e. The van der Waals surface area contributed by atoms with Crippen molar-refractivity contribution in [1.29, 1.82) is 0 Å². The summed E-state index contributed by atoms with van der Waals surface area (Å²) in [5, 5.41) is 6.71. The second-order valence-corrected chi connectivity index (χ2v) is 7.15. The van der Waals surface area contributed by atoms with Gasteiger partial charge in [0.15, 0.2) is 5.96 Å². The van der Waals surface area contributed by atoms with E-state index in [0.717, 1.165) is 37.6 Å². The van der Waals surface area contributed by atoms with Gasteiger partial charge in [-0.1, -0.05) is 42.5 Å². The third-order valence-electron chi connectivity index (χ3n) is 5.10. The van der Waals surface area contributed by atoms with Crippen LogP contribution >= 0.6 is 24.0 Å². The largest absolute Gasteiger partial charge is 0.496 e. The Balaban J connectivity index is 0.00000320. The molecular weight excluding hydrogens is 491 g/mol. The van der Waals surface area contributed by atoms with Crippen LogP contribution in [0.15, 0.2) is 53.5 Å². The molecule has 7 heteroatoms. The minimum atomic E-state index is 0. The van der Waals surface area contributed by atoms with E-state index in [-0.39, 0.29) is 29.9 Å². The quantitative estimate of drug-likeness (QED) is 0.317. The van der Waals surface area contributed by atoms with Crippen LogP contribution < -0.4 is 15.4 Å². The summed E-state index contributed by atoms with van der Waals surface area (Å²) < 4.78 is 5.40. The van der Waals surface area contributed by atoms with E-state index in [4.69, 9.17) is 4.74 Å². The zero-order chi connectivity index (χ0) is 20.5. The van der Waals surface area contributed by atoms with Crippen LogP contribution in [0.3, 0.4) is 0 Å². The first-order chi connectivity index (χ1) is 14.2. The molecule has 30 heavy (non-hydrogen) atoms. The molecular formula is C23H31IN4O2. The fourth-order valence-electron chi connectivity index (χ4n) is 3.56. The van der Waals surface area contributed by atoms with Gasteiger partial charge in [-0.15, -0.1) is 24.0 Å². The number of methoxy groups -OCH3 is 1. The van der Waals surface area contributed by atoms with Crippen molar-refractivity contribution in [2.75, 3.05) is 27.2 Å². The second-order valence-electron chi connectivity index (χ2n) is 7.15. The lowest BCUT2D eigenvalue weighted by molar-refractivity contribution is -0.128. The van der Waals surface area contributed by atoms with Crippen molar-refractivity contribution < 1.29 is 9.53 Å². The molecule has 0 bridgehead atoms. The predicted molar refractivity (Wildman–Crippen MR) is 131 cm³/mol. The minimum Gasteiger partial charge on any atom is -0.496 e. The topological polar surface area (TPSA) is 66.0 Å². The van der Waals surface area contributed by atoms with E-state index in [1.165, 1.54) is 16.7 Å². The van der Waals surface area contributed by atoms with Crippen LogP contribution in [0.25, 0.3) is 0 Å². The maximum absolute atomic E-state index is 11.8. The molecule has 3 rings (SSSR count). The van der Waals surface area contributed by atoms with Crippen LogP contribution in [0, 0.1) is 0 Å². The molecule has 1 heterocycles. The Morgan fingerprint density at radius 3 is 2.67 bits per heavy atom. The molecule has 6 nitrogen and oxygen atoms in total. The van der Waals surface area contributed by atoms with Crippen LogP contribution in [-0.2, 0) is 24.3 Å². The highest BCUT2D eigenvalue weighted by Gasteiger charge is 2.19. The first-order valence-electron chi connectivity index (χ1n) is 10.1. The SMILES string of the molecule is CN=C(NCCc1ccccc1OC)NCc1cccc(CN2CCCC2=O)c1.I. The van der Waals surface area contributed by atoms with Crippen LogP contribution in [0.5, 0.6) is 5.75 Å². The number of amides is 1. The number of nitrogens with one attached hydrogen (secondary N) is 2. The summed E-state index contributed by atoms with van der Waals surface area (Å²) in [6.45, 7) is 3.00. The number of halogens is 1. The van der Waals surface area contributed by atoms with Crippen molar-refractivity contribution in [1.82, 2.24) is 15.5 Å². The van der Waals surface area contributed by atoms with Gasteiger partial charge >= 0.3 is 0 Å². The van der Waals surface area contributed by atoms with Crippen molar-refractivity contribution in [3.8, 4) is 5.75 Å². The molecule has 0 saturated carbocycles. The summed E-state index contributed by atoms with van der Waals surface area (Å²) in [4.78, 5) is 18.1. The molecule has 1 amide bonds. The monoisotopic (exact) mass is 522 g/mol. The standard InChI is InChI=1S/C23H30N4O2.HI/c1-24-23(25-13-12-20-9-3-4-10-21(20)29-2)26-16-18-7-5-8-19(15-18)17-27-14-6-11-22(27)28;/h3-5,7-10,15H,6,11-14,16-17H2,1-2H3,(H2,24,25,26);1H. The summed E-state index contributed by atoms with van der Waals surface area (Å²) in [5.41, 5.74) is 3.50. The number of hydrogen-bond acceptors (Lipinski definition) is 3. The minimum absolute atomic E-state index is 0. The van der Waals surface area contributed by atoms with Crippen molar-refractivity contribution in [2.24, 2.45) is 4.99 Å². The molecule has 0 spiro atoms. The van der Waals surface area contributed by atoms with Gasteiger partial charge in [0.1, 0.15) is 5.75 Å². The fraction of sp³-hybridized carbons (Fsp3) is 0.391. The third-order valence-corrected chi connectivity index (χ3v) is 5.10. The fourth-order valence-corrected chi connectivity index (χ4v) is 3.56. The smallest absolute Gasteiger partial charge is 0.222 e. The molecule has 1 aliphatic rings. The summed E-state index contributed by atoms with van der Waals surface area (Å²) in [6.07, 6.45) is 2.50. The molecule has 0 aliphatic carbocycles. The average molecular weight is 522 g/mol. The summed E-state index contributed by atoms with van der Waals surface area (Å²) in [5.74, 6) is 1.93. The number of nitrogens with zero attached hydrogens (tertiary/aromatic N) is 2. The number of hydrogen-bond donors (Lipinski definition) is 2. The predicted octanol–water partition coefficient (Wildman–Crippen LogP) is 3.34. The van der Waals surface area contributed by atoms with E-state index in [1.807, 2.05) is 29.2 Å². The van der Waals surface area contributed by atoms with Crippen molar-refractivity contribution in [3.05, 3.63) is 65.2 Å². The first-order valence-corrected chi connectivity index (χ1v) is 10.1. The van der Waals surface area contributed by atoms with Gasteiger partial charge < -0.3 is 20.3 Å². The van der Waals surface area contributed by atoms with Gasteiger partial charge in [0.25, 0.3) is 0 Å². The highest BCUT2D eigenvalue weighted by atomic mass is 127. The molecule has 1 saturated heterocycles. The number of para-hydroxylation sites is 1. The lowest BCUT2D eigenvalue weighted by atomic mass is 10.1. The highest BCUT2D eigenvalue weighted by Crippen LogP contribution is 2.17. The Labute approximate surface area is 196 Å². The number of guanidine groups is 1. The maximum atomic E-state index is 11.8. The molecule has 0 unspecified atom stereocenters. The van der Waals surface area contributed by atoms with E-state index in [0.29, 0.717) is 19.5 Å². The number of benzene rings is 2. The molecule has 1 fully saturated rings. The lowest BCUT2D eigenvalue weighted by Gasteiger charge is -2.16. The van der Waals surface area contributed by atoms with Gasteiger partial charge in [0, 0.05) is 39.6 Å². The average Bonchev–Trinajstić information content (AvgIpc) is 3.15. The van der Waals surface area contributed by atoms with Crippen molar-refractivity contribution >= 4 is 35.8 Å². The van der Waals surface area contributed by atoms with Crippen LogP contribution in [0.2, 0.25) is 0 Å². The highest BCUT2D eigenvalue weighted by molar-refractivity contribution is 14.0. The zero-order valence-electron chi connectivity index (χ0n) is 17.7. The number of carbonyl (C=O) groups is 1. The zero-order valence-corrected chi connectivity index (χ0v) is 20.0. The van der Waals surface area contributed by atoms with Gasteiger partial charge in [-0.2, -0.15) is 0 Å². The Morgan fingerprint density at radius 2 is 1.93 bits per heavy atom. The van der Waals surface area contributed by atoms with E-state index in [2.05, 4.69) is 39.9 Å². The summed E-state index contributed by atoms with van der Waals surface area (Å²) in [7, 11) is 3.47. The van der Waals surface area contributed by atoms with Gasteiger partial charge in [0.05, 0.1) is 7.11 Å². The van der Waals surface area contributed by atoms with E-state index >= 15 is 0 Å². The molecule has 2 aromatic rings. The summed E-state index contributed by atoms with van der Waals surface area (Å²) >= 11 is 0. The van der Waals surface area contributed by atoms with Crippen LogP contribution in [0.1, 0.15) is 29.5 Å². The van der Waals surface area contributed by atoms with Gasteiger partial charge in [-0.25, -0.2) is 0 Å². The van der Waals surface area contributed by atoms with E-state index in [1.54, 1.807) is 14.2 Å². The normalized spacial score (nSPS) is 13.7. The third kappa shape index (κ3) is 6.90. The molecule has 0 radical (unpaired) electrons. The van der Waals surface area contributed by atoms with Crippen LogP contribution in [-0.4, -0.2) is 44.0 Å². The van der Waals surface area contributed by atoms with Crippen LogP contribution in [0.4, 0.5) is 0 Å². The second kappa shape index (κ2) is 12.4. The number of likely N-dealkylation sites (tertiary alicyclic amines) is 1. The first kappa shape index (κ1) is 24.0. The van der Waals surface area contributed by atoms with Gasteiger partial charge in [0.2, 0.25) is 5.91 Å². The molecule has 1 aliphatic heterocycles. The Kier molecular flexibility index (Phi) is 9.93. The lowest BCUT2D eigenvalue weighted by Crippen LogP contribution is -2.37. The van der Waals surface area contributed by atoms with E-state index < -0.39 is 0 Å². The molecule has 2 N–H and O–H groups in total. The number of ether oxygens (including phenoxy) is 1. The number of rotatable bonds is 8. The Bertz CT molecular complexity index is 857. The van der Waals surface area contributed by atoms with Crippen molar-refractivity contribution in [3.63, 3.8) is 0 Å². The Morgan fingerprint density at radius 1 is 1.13 bits per heavy atom. The van der Waals surface area contributed by atoms with Crippen molar-refractivity contribution in [2.45, 2.75) is 32.4 Å².